The molecule has 1 saturated carbocycles. The van der Waals surface area contributed by atoms with E-state index in [1.807, 2.05) is 20.8 Å². The first-order chi connectivity index (χ1) is 8.90. The second kappa shape index (κ2) is 4.10. The van der Waals surface area contributed by atoms with Crippen LogP contribution in [0.1, 0.15) is 39.3 Å². The average Bonchev–Trinajstić information content (AvgIpc) is 2.70. The zero-order chi connectivity index (χ0) is 13.7. The summed E-state index contributed by atoms with van der Waals surface area (Å²) in [6.45, 7) is 7.75. The molecule has 2 heterocycles. The summed E-state index contributed by atoms with van der Waals surface area (Å²) in [6.07, 6.45) is 3.83. The van der Waals surface area contributed by atoms with E-state index in [2.05, 4.69) is 28.2 Å². The van der Waals surface area contributed by atoms with Crippen LogP contribution in [0.4, 0.5) is 0 Å². The number of hydrogen-bond donors (Lipinski definition) is 1. The lowest BCUT2D eigenvalue weighted by Crippen LogP contribution is -2.59. The van der Waals surface area contributed by atoms with Crippen LogP contribution in [0.5, 0.6) is 0 Å². The van der Waals surface area contributed by atoms with E-state index in [0.717, 1.165) is 25.9 Å². The zero-order valence-corrected chi connectivity index (χ0v) is 11.9. The lowest BCUT2D eigenvalue weighted by atomic mass is 9.65. The molecule has 1 aromatic rings. The predicted octanol–water partition coefficient (Wildman–Crippen LogP) is 2.04. The molecule has 0 saturated heterocycles. The number of hydrogen-bond acceptors (Lipinski definition) is 3. The molecule has 0 atom stereocenters. The molecule has 1 spiro atoms. The van der Waals surface area contributed by atoms with Crippen molar-refractivity contribution in [2.45, 2.75) is 51.3 Å². The lowest BCUT2D eigenvalue weighted by molar-refractivity contribution is -0.167. The Kier molecular flexibility index (Phi) is 2.75. The fourth-order valence-electron chi connectivity index (χ4n) is 3.24. The van der Waals surface area contributed by atoms with Gasteiger partial charge in [0.25, 0.3) is 0 Å². The summed E-state index contributed by atoms with van der Waals surface area (Å²) in [5.74, 6) is -0.0169. The van der Waals surface area contributed by atoms with Gasteiger partial charge in [0, 0.05) is 25.0 Å². The van der Waals surface area contributed by atoms with Gasteiger partial charge in [0.1, 0.15) is 5.60 Å². The van der Waals surface area contributed by atoms with Gasteiger partial charge >= 0.3 is 5.97 Å². The van der Waals surface area contributed by atoms with Crippen LogP contribution in [0.15, 0.2) is 18.3 Å². The third-order valence-electron chi connectivity index (χ3n) is 4.07. The van der Waals surface area contributed by atoms with Crippen molar-refractivity contribution in [3.05, 3.63) is 24.0 Å². The van der Waals surface area contributed by atoms with Crippen molar-refractivity contribution in [1.29, 1.82) is 0 Å². The second-order valence-corrected chi connectivity index (χ2v) is 6.73. The van der Waals surface area contributed by atoms with Crippen LogP contribution in [-0.2, 0) is 21.6 Å². The highest BCUT2D eigenvalue weighted by Gasteiger charge is 2.51. The summed E-state index contributed by atoms with van der Waals surface area (Å²) >= 11 is 0. The molecular formula is C15H22N2O2. The van der Waals surface area contributed by atoms with Crippen molar-refractivity contribution in [3.63, 3.8) is 0 Å². The van der Waals surface area contributed by atoms with E-state index in [9.17, 15) is 4.79 Å². The van der Waals surface area contributed by atoms with Crippen molar-refractivity contribution >= 4 is 5.97 Å². The van der Waals surface area contributed by atoms with Gasteiger partial charge in [-0.25, -0.2) is 0 Å². The Balaban J connectivity index is 1.69. The largest absolute Gasteiger partial charge is 0.460 e. The molecule has 0 radical (unpaired) electrons. The molecule has 19 heavy (non-hydrogen) atoms. The monoisotopic (exact) mass is 262 g/mol. The van der Waals surface area contributed by atoms with Gasteiger partial charge in [0.2, 0.25) is 0 Å². The molecule has 1 N–H and O–H groups in total. The smallest absolute Gasteiger partial charge is 0.309 e. The van der Waals surface area contributed by atoms with E-state index in [4.69, 9.17) is 4.74 Å². The van der Waals surface area contributed by atoms with Gasteiger partial charge in [-0.2, -0.15) is 0 Å². The molecule has 2 aliphatic rings. The highest BCUT2D eigenvalue weighted by molar-refractivity contribution is 5.74. The summed E-state index contributed by atoms with van der Waals surface area (Å²) in [6, 6.07) is 4.25. The van der Waals surface area contributed by atoms with E-state index < -0.39 is 0 Å². The standard InChI is InChI=1S/C15H22N2O2/c1-14(2,3)19-13(18)11-9-15(10-11)12-5-4-7-17(12)8-6-16-15/h4-5,7,11,16H,6,8-10H2,1-3H3. The average molecular weight is 262 g/mol. The fraction of sp³-hybridized carbons (Fsp3) is 0.667. The Morgan fingerprint density at radius 3 is 2.89 bits per heavy atom. The highest BCUT2D eigenvalue weighted by atomic mass is 16.6. The molecule has 3 rings (SSSR count). The minimum Gasteiger partial charge on any atom is -0.460 e. The second-order valence-electron chi connectivity index (χ2n) is 6.73. The summed E-state index contributed by atoms with van der Waals surface area (Å²) in [4.78, 5) is 12.1. The van der Waals surface area contributed by atoms with Crippen molar-refractivity contribution in [2.75, 3.05) is 6.54 Å². The summed E-state index contributed by atoms with van der Waals surface area (Å²) < 4.78 is 7.77. The Morgan fingerprint density at radius 2 is 2.21 bits per heavy atom. The Bertz CT molecular complexity index is 492. The number of ether oxygens (including phenoxy) is 1. The molecule has 1 aromatic heterocycles. The molecule has 104 valence electrons. The van der Waals surface area contributed by atoms with Crippen LogP contribution in [0.2, 0.25) is 0 Å². The third-order valence-corrected chi connectivity index (χ3v) is 4.07. The first-order valence-electron chi connectivity index (χ1n) is 7.03. The quantitative estimate of drug-likeness (QED) is 0.788. The first kappa shape index (κ1) is 12.7. The third kappa shape index (κ3) is 2.18. The van der Waals surface area contributed by atoms with Crippen LogP contribution in [-0.4, -0.2) is 22.7 Å². The SMILES string of the molecule is CC(C)(C)OC(=O)C1CC2(C1)NCCn1cccc12. The van der Waals surface area contributed by atoms with E-state index >= 15 is 0 Å². The van der Waals surface area contributed by atoms with Crippen LogP contribution in [0.3, 0.4) is 0 Å². The number of esters is 1. The van der Waals surface area contributed by atoms with Crippen molar-refractivity contribution in [1.82, 2.24) is 9.88 Å². The molecule has 0 bridgehead atoms. The molecule has 1 aliphatic heterocycles. The van der Waals surface area contributed by atoms with Crippen LogP contribution in [0.25, 0.3) is 0 Å². The molecule has 0 amide bonds. The lowest BCUT2D eigenvalue weighted by Gasteiger charge is -2.50. The summed E-state index contributed by atoms with van der Waals surface area (Å²) in [5, 5.41) is 3.59. The normalized spacial score (nSPS) is 29.7. The number of carbonyl (C=O) groups is 1. The minimum absolute atomic E-state index is 0.00329. The van der Waals surface area contributed by atoms with Crippen molar-refractivity contribution < 1.29 is 9.53 Å². The van der Waals surface area contributed by atoms with Crippen LogP contribution in [0, 0.1) is 5.92 Å². The molecular weight excluding hydrogens is 240 g/mol. The van der Waals surface area contributed by atoms with Gasteiger partial charge in [0.05, 0.1) is 11.5 Å². The van der Waals surface area contributed by atoms with Crippen LogP contribution >= 0.6 is 0 Å². The fourth-order valence-corrected chi connectivity index (χ4v) is 3.24. The molecule has 4 nitrogen and oxygen atoms in total. The van der Waals surface area contributed by atoms with Crippen LogP contribution < -0.4 is 5.32 Å². The maximum Gasteiger partial charge on any atom is 0.309 e. The topological polar surface area (TPSA) is 43.3 Å². The number of rotatable bonds is 1. The number of fused-ring (bicyclic) bond motifs is 2. The van der Waals surface area contributed by atoms with Crippen molar-refractivity contribution in [2.24, 2.45) is 5.92 Å². The molecule has 0 aromatic carbocycles. The number of carbonyl (C=O) groups excluding carboxylic acids is 1. The van der Waals surface area contributed by atoms with Gasteiger partial charge in [-0.3, -0.25) is 4.79 Å². The van der Waals surface area contributed by atoms with E-state index in [0.29, 0.717) is 0 Å². The number of nitrogens with one attached hydrogen (secondary N) is 1. The zero-order valence-electron chi connectivity index (χ0n) is 11.9. The maximum atomic E-state index is 12.1. The Labute approximate surface area is 114 Å². The Morgan fingerprint density at radius 1 is 1.47 bits per heavy atom. The van der Waals surface area contributed by atoms with Gasteiger partial charge in [-0.1, -0.05) is 0 Å². The van der Waals surface area contributed by atoms with Gasteiger partial charge in [-0.05, 0) is 45.7 Å². The Hall–Kier alpha value is -1.29. The van der Waals surface area contributed by atoms with Gasteiger partial charge in [-0.15, -0.1) is 0 Å². The molecule has 1 fully saturated rings. The van der Waals surface area contributed by atoms with Gasteiger partial charge < -0.3 is 14.6 Å². The predicted molar refractivity (Wildman–Crippen MR) is 72.7 cm³/mol. The molecule has 1 aliphatic carbocycles. The number of aromatic nitrogens is 1. The van der Waals surface area contributed by atoms with E-state index in [1.165, 1.54) is 5.69 Å². The van der Waals surface area contributed by atoms with Gasteiger partial charge in [0.15, 0.2) is 0 Å². The summed E-state index contributed by atoms with van der Waals surface area (Å²) in [5.41, 5.74) is 0.933. The van der Waals surface area contributed by atoms with E-state index in [-0.39, 0.29) is 23.0 Å². The number of nitrogens with zero attached hydrogens (tertiary/aromatic N) is 1. The highest BCUT2D eigenvalue weighted by Crippen LogP contribution is 2.47. The summed E-state index contributed by atoms with van der Waals surface area (Å²) in [7, 11) is 0. The minimum atomic E-state index is -0.389. The maximum absolute atomic E-state index is 12.1. The first-order valence-corrected chi connectivity index (χ1v) is 7.03. The molecule has 0 unspecified atom stereocenters. The van der Waals surface area contributed by atoms with Crippen molar-refractivity contribution in [3.8, 4) is 0 Å². The van der Waals surface area contributed by atoms with E-state index in [1.54, 1.807) is 0 Å². The molecule has 4 heteroatoms.